The summed E-state index contributed by atoms with van der Waals surface area (Å²) < 4.78 is 34.6. The van der Waals surface area contributed by atoms with E-state index in [4.69, 9.17) is 4.42 Å². The van der Waals surface area contributed by atoms with Crippen LogP contribution in [0.15, 0.2) is 74.9 Å². The normalized spacial score (nSPS) is 10.9. The third-order valence-corrected chi connectivity index (χ3v) is 5.84. The summed E-state index contributed by atoms with van der Waals surface area (Å²) in [7, 11) is 0. The number of halogens is 3. The average Bonchev–Trinajstić information content (AvgIpc) is 3.40. The van der Waals surface area contributed by atoms with Crippen molar-refractivity contribution in [3.8, 4) is 11.4 Å². The van der Waals surface area contributed by atoms with E-state index in [0.717, 1.165) is 23.4 Å². The highest BCUT2D eigenvalue weighted by molar-refractivity contribution is 9.10. The molecule has 6 nitrogen and oxygen atoms in total. The molecule has 10 heteroatoms. The first-order chi connectivity index (χ1) is 15.0. The molecule has 2 aromatic carbocycles. The van der Waals surface area contributed by atoms with Crippen LogP contribution in [0.5, 0.6) is 0 Å². The van der Waals surface area contributed by atoms with Crippen LogP contribution in [0.25, 0.3) is 11.4 Å². The van der Waals surface area contributed by atoms with Crippen molar-refractivity contribution in [2.45, 2.75) is 11.7 Å². The van der Waals surface area contributed by atoms with Gasteiger partial charge in [-0.2, -0.15) is 0 Å². The molecule has 0 atom stereocenters. The summed E-state index contributed by atoms with van der Waals surface area (Å²) in [4.78, 5) is 12.4. The van der Waals surface area contributed by atoms with Crippen LogP contribution >= 0.6 is 27.7 Å². The molecular formula is C21H15BrF2N4O2S. The number of hydrogen-bond donors (Lipinski definition) is 1. The predicted octanol–water partition coefficient (Wildman–Crippen LogP) is 5.36. The third-order valence-electron chi connectivity index (χ3n) is 4.25. The molecule has 1 N–H and O–H groups in total. The van der Waals surface area contributed by atoms with Crippen LogP contribution in [0, 0.1) is 11.6 Å². The summed E-state index contributed by atoms with van der Waals surface area (Å²) in [6.45, 7) is 0.381. The van der Waals surface area contributed by atoms with Crippen LogP contribution < -0.4 is 5.32 Å². The highest BCUT2D eigenvalue weighted by atomic mass is 79.9. The molecule has 0 radical (unpaired) electrons. The molecule has 2 aromatic heterocycles. The molecule has 4 rings (SSSR count). The number of aromatic nitrogens is 3. The van der Waals surface area contributed by atoms with Crippen LogP contribution in [0.1, 0.15) is 5.76 Å². The number of benzene rings is 2. The van der Waals surface area contributed by atoms with Crippen LogP contribution in [0.2, 0.25) is 0 Å². The lowest BCUT2D eigenvalue weighted by Crippen LogP contribution is -2.16. The minimum absolute atomic E-state index is 0.0473. The van der Waals surface area contributed by atoms with Gasteiger partial charge in [-0.3, -0.25) is 9.36 Å². The average molecular weight is 505 g/mol. The second-order valence-electron chi connectivity index (χ2n) is 6.42. The fourth-order valence-electron chi connectivity index (χ4n) is 2.86. The van der Waals surface area contributed by atoms with Gasteiger partial charge < -0.3 is 9.73 Å². The third kappa shape index (κ3) is 5.02. The van der Waals surface area contributed by atoms with Crippen LogP contribution in [0.4, 0.5) is 14.5 Å². The number of anilines is 1. The molecule has 0 unspecified atom stereocenters. The van der Waals surface area contributed by atoms with Crippen LogP contribution in [-0.4, -0.2) is 26.4 Å². The minimum atomic E-state index is -0.863. The van der Waals surface area contributed by atoms with Crippen molar-refractivity contribution >= 4 is 39.3 Å². The van der Waals surface area contributed by atoms with Gasteiger partial charge in [0.15, 0.2) is 16.8 Å². The van der Waals surface area contributed by atoms with E-state index in [1.54, 1.807) is 12.3 Å². The van der Waals surface area contributed by atoms with Gasteiger partial charge in [-0.05, 0) is 34.1 Å². The lowest BCUT2D eigenvalue weighted by atomic mass is 10.2. The van der Waals surface area contributed by atoms with Gasteiger partial charge in [0.1, 0.15) is 11.6 Å². The number of thioether (sulfide) groups is 1. The number of furan rings is 1. The Morgan fingerprint density at radius 3 is 2.65 bits per heavy atom. The quantitative estimate of drug-likeness (QED) is 0.343. The maximum atomic E-state index is 14.0. The molecule has 4 aromatic rings. The Bertz CT molecular complexity index is 1180. The van der Waals surface area contributed by atoms with Gasteiger partial charge in [0, 0.05) is 16.1 Å². The summed E-state index contributed by atoms with van der Waals surface area (Å²) in [6.07, 6.45) is 1.58. The van der Waals surface area contributed by atoms with Crippen molar-refractivity contribution in [1.29, 1.82) is 0 Å². The lowest BCUT2D eigenvalue weighted by Gasteiger charge is -2.10. The molecule has 0 bridgehead atoms. The van der Waals surface area contributed by atoms with E-state index in [2.05, 4.69) is 31.4 Å². The van der Waals surface area contributed by atoms with E-state index >= 15 is 0 Å². The lowest BCUT2D eigenvalue weighted by molar-refractivity contribution is -0.113. The SMILES string of the molecule is O=C(CSc1nnc(-c2ccccc2)n1Cc1ccco1)Nc1c(F)cc(F)cc1Br. The number of carbonyl (C=O) groups is 1. The van der Waals surface area contributed by atoms with Crippen molar-refractivity contribution in [3.05, 3.63) is 82.7 Å². The highest BCUT2D eigenvalue weighted by Crippen LogP contribution is 2.28. The zero-order valence-electron chi connectivity index (χ0n) is 15.9. The fourth-order valence-corrected chi connectivity index (χ4v) is 4.11. The van der Waals surface area contributed by atoms with Gasteiger partial charge in [-0.25, -0.2) is 8.78 Å². The molecule has 0 aliphatic heterocycles. The second-order valence-corrected chi connectivity index (χ2v) is 8.22. The van der Waals surface area contributed by atoms with E-state index in [1.165, 1.54) is 0 Å². The maximum absolute atomic E-state index is 14.0. The first-order valence-corrected chi connectivity index (χ1v) is 10.9. The van der Waals surface area contributed by atoms with Gasteiger partial charge in [0.2, 0.25) is 5.91 Å². The van der Waals surface area contributed by atoms with E-state index in [0.29, 0.717) is 29.4 Å². The molecule has 0 aliphatic carbocycles. The van der Waals surface area contributed by atoms with Crippen LogP contribution in [0.3, 0.4) is 0 Å². The van der Waals surface area contributed by atoms with Crippen molar-refractivity contribution in [2.75, 3.05) is 11.1 Å². The summed E-state index contributed by atoms with van der Waals surface area (Å²) in [5, 5.41) is 11.5. The van der Waals surface area contributed by atoms with Crippen molar-refractivity contribution in [3.63, 3.8) is 0 Å². The summed E-state index contributed by atoms with van der Waals surface area (Å²) >= 11 is 4.21. The van der Waals surface area contributed by atoms with Crippen molar-refractivity contribution in [1.82, 2.24) is 14.8 Å². The predicted molar refractivity (Wildman–Crippen MR) is 117 cm³/mol. The molecule has 0 saturated carbocycles. The van der Waals surface area contributed by atoms with Crippen LogP contribution in [-0.2, 0) is 11.3 Å². The highest BCUT2D eigenvalue weighted by Gasteiger charge is 2.18. The standard InChI is InChI=1S/C21H15BrF2N4O2S/c22-16-9-14(23)10-17(24)19(16)25-18(29)12-31-21-27-26-20(13-5-2-1-3-6-13)28(21)11-15-7-4-8-30-15/h1-10H,11-12H2,(H,25,29). The number of carbonyl (C=O) groups excluding carboxylic acids is 1. The van der Waals surface area contributed by atoms with E-state index < -0.39 is 17.5 Å². The maximum Gasteiger partial charge on any atom is 0.234 e. The molecule has 0 spiro atoms. The molecule has 0 saturated heterocycles. The van der Waals surface area contributed by atoms with Crippen molar-refractivity contribution < 1.29 is 18.0 Å². The van der Waals surface area contributed by atoms with Gasteiger partial charge >= 0.3 is 0 Å². The number of amides is 1. The van der Waals surface area contributed by atoms with Gasteiger partial charge in [0.25, 0.3) is 0 Å². The minimum Gasteiger partial charge on any atom is -0.467 e. The Labute approximate surface area is 188 Å². The Hall–Kier alpha value is -2.98. The molecule has 2 heterocycles. The molecule has 31 heavy (non-hydrogen) atoms. The first-order valence-electron chi connectivity index (χ1n) is 9.09. The smallest absolute Gasteiger partial charge is 0.234 e. The Morgan fingerprint density at radius 2 is 1.94 bits per heavy atom. The summed E-state index contributed by atoms with van der Waals surface area (Å²) in [5.74, 6) is -0.777. The number of nitrogens with one attached hydrogen (secondary N) is 1. The zero-order chi connectivity index (χ0) is 21.8. The van der Waals surface area contributed by atoms with Gasteiger partial charge in [-0.1, -0.05) is 42.1 Å². The Morgan fingerprint density at radius 1 is 1.13 bits per heavy atom. The number of hydrogen-bond acceptors (Lipinski definition) is 5. The molecular weight excluding hydrogens is 490 g/mol. The summed E-state index contributed by atoms with van der Waals surface area (Å²) in [6, 6.07) is 15.0. The second kappa shape index (κ2) is 9.44. The van der Waals surface area contributed by atoms with Gasteiger partial charge in [-0.15, -0.1) is 10.2 Å². The molecule has 0 fully saturated rings. The Kier molecular flexibility index (Phi) is 6.47. The monoisotopic (exact) mass is 504 g/mol. The number of rotatable bonds is 7. The summed E-state index contributed by atoms with van der Waals surface area (Å²) in [5.41, 5.74) is 0.754. The number of nitrogens with zero attached hydrogens (tertiary/aromatic N) is 3. The van der Waals surface area contributed by atoms with Gasteiger partial charge in [0.05, 0.1) is 24.2 Å². The topological polar surface area (TPSA) is 73.0 Å². The zero-order valence-corrected chi connectivity index (χ0v) is 18.3. The van der Waals surface area contributed by atoms with E-state index in [9.17, 15) is 13.6 Å². The molecule has 1 amide bonds. The fraction of sp³-hybridized carbons (Fsp3) is 0.0952. The van der Waals surface area contributed by atoms with Crippen molar-refractivity contribution in [2.24, 2.45) is 0 Å². The van der Waals surface area contributed by atoms with E-state index in [-0.39, 0.29) is 15.9 Å². The largest absolute Gasteiger partial charge is 0.467 e. The first kappa shape index (κ1) is 21.3. The van der Waals surface area contributed by atoms with E-state index in [1.807, 2.05) is 41.0 Å². The molecule has 158 valence electrons. The molecule has 0 aliphatic rings. The Balaban J connectivity index is 1.53.